The van der Waals surface area contributed by atoms with Crippen molar-refractivity contribution >= 4 is 5.97 Å². The Morgan fingerprint density at radius 2 is 2.13 bits per heavy atom. The van der Waals surface area contributed by atoms with Gasteiger partial charge in [0.15, 0.2) is 17.7 Å². The van der Waals surface area contributed by atoms with E-state index in [2.05, 4.69) is 0 Å². The fourth-order valence-corrected chi connectivity index (χ4v) is 1.28. The first kappa shape index (κ1) is 12.6. The van der Waals surface area contributed by atoms with Gasteiger partial charge in [-0.15, -0.1) is 0 Å². The van der Waals surface area contributed by atoms with Crippen LogP contribution < -0.4 is 29.6 Å². The molecule has 1 fully saturated rings. The first-order valence-corrected chi connectivity index (χ1v) is 3.93. The van der Waals surface area contributed by atoms with Gasteiger partial charge in [-0.1, -0.05) is 12.1 Å². The molecular formula is C9H7F2NaO3. The van der Waals surface area contributed by atoms with Gasteiger partial charge in [0.25, 0.3) is 0 Å². The third-order valence-corrected chi connectivity index (χ3v) is 2.02. The number of hydrogen-bond acceptors (Lipinski definition) is 2. The van der Waals surface area contributed by atoms with Crippen LogP contribution in [0.25, 0.3) is 0 Å². The normalized spacial score (nSPS) is 23.1. The molecule has 15 heavy (non-hydrogen) atoms. The first-order chi connectivity index (χ1) is 6.61. The van der Waals surface area contributed by atoms with Crippen LogP contribution in [-0.2, 0) is 9.53 Å². The third kappa shape index (κ3) is 2.36. The molecule has 0 aliphatic carbocycles. The molecule has 2 unspecified atom stereocenters. The van der Waals surface area contributed by atoms with E-state index in [0.29, 0.717) is 0 Å². The minimum Gasteiger partial charge on any atom is -1.00 e. The molecule has 0 saturated carbocycles. The number of ether oxygens (including phenoxy) is 1. The van der Waals surface area contributed by atoms with Crippen molar-refractivity contribution in [2.75, 3.05) is 0 Å². The van der Waals surface area contributed by atoms with Crippen LogP contribution >= 0.6 is 0 Å². The second-order valence-corrected chi connectivity index (χ2v) is 2.96. The molecule has 3 nitrogen and oxygen atoms in total. The zero-order valence-electron chi connectivity index (χ0n) is 8.91. The molecule has 0 spiro atoms. The van der Waals surface area contributed by atoms with Crippen LogP contribution in [0, 0.1) is 11.6 Å². The van der Waals surface area contributed by atoms with Crippen molar-refractivity contribution in [3.05, 3.63) is 35.4 Å². The number of carboxylic acids is 1. The maximum absolute atomic E-state index is 13.1. The van der Waals surface area contributed by atoms with Crippen LogP contribution in [0.15, 0.2) is 18.2 Å². The van der Waals surface area contributed by atoms with Crippen molar-refractivity contribution in [2.45, 2.75) is 12.2 Å². The molecule has 1 aliphatic rings. The predicted octanol–water partition coefficient (Wildman–Crippen LogP) is -1.39. The van der Waals surface area contributed by atoms with Crippen molar-refractivity contribution < 1.29 is 54.4 Å². The number of hydrogen-bond donors (Lipinski definition) is 1. The van der Waals surface area contributed by atoms with Crippen LogP contribution in [0.1, 0.15) is 13.1 Å². The number of aliphatic carboxylic acids is 1. The zero-order chi connectivity index (χ0) is 10.3. The summed E-state index contributed by atoms with van der Waals surface area (Å²) < 4.78 is 30.5. The Balaban J connectivity index is 0.00000112. The second kappa shape index (κ2) is 4.57. The Labute approximate surface area is 108 Å². The SMILES string of the molecule is O=C(O)C1OC1c1cccc(F)c1F.[H-].[Na+]. The number of epoxide rings is 1. The van der Waals surface area contributed by atoms with Gasteiger partial charge in [-0.3, -0.25) is 0 Å². The Hall–Kier alpha value is -0.490. The standard InChI is InChI=1S/C9H6F2O3.Na.H/c10-5-3-1-2-4(6(5)11)7-8(14-7)9(12)13;;/h1-3,7-8H,(H,12,13);;/q;+1;-1. The summed E-state index contributed by atoms with van der Waals surface area (Å²) in [5.41, 5.74) is -0.0441. The number of rotatable bonds is 2. The summed E-state index contributed by atoms with van der Waals surface area (Å²) in [6.07, 6.45) is -1.91. The topological polar surface area (TPSA) is 49.8 Å². The number of halogens is 2. The minimum atomic E-state index is -1.17. The fourth-order valence-electron chi connectivity index (χ4n) is 1.28. The Morgan fingerprint density at radius 3 is 2.67 bits per heavy atom. The van der Waals surface area contributed by atoms with Gasteiger partial charge in [0.05, 0.1) is 0 Å². The molecule has 0 bridgehead atoms. The summed E-state index contributed by atoms with van der Waals surface area (Å²) in [5.74, 6) is -3.21. The molecule has 1 aromatic carbocycles. The van der Waals surface area contributed by atoms with Crippen molar-refractivity contribution in [1.82, 2.24) is 0 Å². The molecule has 1 aliphatic heterocycles. The molecule has 1 heterocycles. The average molecular weight is 224 g/mol. The van der Waals surface area contributed by atoms with E-state index in [1.165, 1.54) is 12.1 Å². The van der Waals surface area contributed by atoms with E-state index < -0.39 is 29.8 Å². The number of carboxylic acid groups (broad SMARTS) is 1. The Bertz CT molecular complexity index is 402. The largest absolute Gasteiger partial charge is 1.00 e. The summed E-state index contributed by atoms with van der Waals surface area (Å²) >= 11 is 0. The van der Waals surface area contributed by atoms with Crippen molar-refractivity contribution in [1.29, 1.82) is 0 Å². The first-order valence-electron chi connectivity index (χ1n) is 3.93. The molecule has 2 rings (SSSR count). The van der Waals surface area contributed by atoms with E-state index in [-0.39, 0.29) is 36.5 Å². The summed E-state index contributed by atoms with van der Waals surface area (Å²) in [6, 6.07) is 3.59. The Morgan fingerprint density at radius 1 is 1.47 bits per heavy atom. The predicted molar refractivity (Wildman–Crippen MR) is 42.7 cm³/mol. The quantitative estimate of drug-likeness (QED) is 0.497. The van der Waals surface area contributed by atoms with Crippen molar-refractivity contribution in [3.8, 4) is 0 Å². The molecule has 6 heteroatoms. The summed E-state index contributed by atoms with van der Waals surface area (Å²) in [6.45, 7) is 0. The van der Waals surface area contributed by atoms with Crippen molar-refractivity contribution in [2.24, 2.45) is 0 Å². The maximum atomic E-state index is 13.1. The number of benzene rings is 1. The third-order valence-electron chi connectivity index (χ3n) is 2.02. The summed E-state index contributed by atoms with van der Waals surface area (Å²) in [4.78, 5) is 10.4. The van der Waals surface area contributed by atoms with E-state index in [0.717, 1.165) is 6.07 Å². The minimum absolute atomic E-state index is 0. The van der Waals surface area contributed by atoms with Gasteiger partial charge < -0.3 is 11.3 Å². The molecule has 76 valence electrons. The van der Waals surface area contributed by atoms with E-state index >= 15 is 0 Å². The fraction of sp³-hybridized carbons (Fsp3) is 0.222. The average Bonchev–Trinajstić information content (AvgIpc) is 2.89. The molecule has 1 N–H and O–H groups in total. The second-order valence-electron chi connectivity index (χ2n) is 2.96. The van der Waals surface area contributed by atoms with E-state index in [4.69, 9.17) is 9.84 Å². The van der Waals surface area contributed by atoms with E-state index in [9.17, 15) is 13.6 Å². The van der Waals surface area contributed by atoms with Crippen LogP contribution in [0.3, 0.4) is 0 Å². The molecule has 0 radical (unpaired) electrons. The maximum Gasteiger partial charge on any atom is 1.00 e. The van der Waals surface area contributed by atoms with Gasteiger partial charge in [-0.05, 0) is 6.07 Å². The van der Waals surface area contributed by atoms with Gasteiger partial charge >= 0.3 is 35.5 Å². The Kier molecular flexibility index (Phi) is 3.83. The monoisotopic (exact) mass is 224 g/mol. The molecule has 0 aromatic heterocycles. The van der Waals surface area contributed by atoms with Gasteiger partial charge in [-0.25, -0.2) is 13.6 Å². The summed E-state index contributed by atoms with van der Waals surface area (Å²) in [7, 11) is 0. The van der Waals surface area contributed by atoms with E-state index in [1.54, 1.807) is 0 Å². The number of carbonyl (C=O) groups is 1. The van der Waals surface area contributed by atoms with Crippen molar-refractivity contribution in [3.63, 3.8) is 0 Å². The van der Waals surface area contributed by atoms with Gasteiger partial charge in [0.2, 0.25) is 0 Å². The molecule has 1 aromatic rings. The van der Waals surface area contributed by atoms with Crippen LogP contribution in [0.5, 0.6) is 0 Å². The van der Waals surface area contributed by atoms with Gasteiger partial charge in [0.1, 0.15) is 6.10 Å². The van der Waals surface area contributed by atoms with E-state index in [1.807, 2.05) is 0 Å². The molecule has 0 amide bonds. The van der Waals surface area contributed by atoms with Crippen LogP contribution in [0.2, 0.25) is 0 Å². The van der Waals surface area contributed by atoms with Crippen LogP contribution in [0.4, 0.5) is 8.78 Å². The molecule has 2 atom stereocenters. The molecule has 1 saturated heterocycles. The van der Waals surface area contributed by atoms with Gasteiger partial charge in [-0.2, -0.15) is 0 Å². The smallest absolute Gasteiger partial charge is 1.00 e. The van der Waals surface area contributed by atoms with Gasteiger partial charge in [0, 0.05) is 5.56 Å². The molecular weight excluding hydrogens is 217 g/mol. The van der Waals surface area contributed by atoms with Crippen LogP contribution in [-0.4, -0.2) is 17.2 Å². The summed E-state index contributed by atoms with van der Waals surface area (Å²) in [5, 5.41) is 8.50. The zero-order valence-corrected chi connectivity index (χ0v) is 9.91.